The molecule has 2 aliphatic rings. The molecule has 0 saturated carbocycles. The lowest BCUT2D eigenvalue weighted by molar-refractivity contribution is -0.141. The second-order valence-electron chi connectivity index (χ2n) is 9.62. The molecule has 1 aliphatic carbocycles. The van der Waals surface area contributed by atoms with E-state index in [1.165, 1.54) is 0 Å². The van der Waals surface area contributed by atoms with E-state index >= 15 is 0 Å². The fourth-order valence-corrected chi connectivity index (χ4v) is 4.84. The van der Waals surface area contributed by atoms with E-state index in [4.69, 9.17) is 14.6 Å². The summed E-state index contributed by atoms with van der Waals surface area (Å²) in [4.78, 5) is 36.6. The molecule has 1 saturated heterocycles. The Balaban J connectivity index is 1.33. The van der Waals surface area contributed by atoms with Crippen molar-refractivity contribution in [2.45, 2.75) is 44.8 Å². The fraction of sp³-hybridized carbons (Fsp3) is 0.444. The third-order valence-corrected chi connectivity index (χ3v) is 6.59. The molecule has 2 aromatic rings. The van der Waals surface area contributed by atoms with Crippen LogP contribution in [0.25, 0.3) is 11.1 Å². The van der Waals surface area contributed by atoms with E-state index in [1.54, 1.807) is 0 Å². The maximum Gasteiger partial charge on any atom is 0.407 e. The molecule has 3 atom stereocenters. The minimum Gasteiger partial charge on any atom is -0.481 e. The maximum absolute atomic E-state index is 12.8. The summed E-state index contributed by atoms with van der Waals surface area (Å²) in [5, 5.41) is 14.6. The predicted molar refractivity (Wildman–Crippen MR) is 130 cm³/mol. The lowest BCUT2D eigenvalue weighted by atomic mass is 9.98. The molecule has 4 rings (SSSR count). The van der Waals surface area contributed by atoms with Gasteiger partial charge in [0.25, 0.3) is 0 Å². The summed E-state index contributed by atoms with van der Waals surface area (Å²) in [7, 11) is 0. The van der Waals surface area contributed by atoms with Gasteiger partial charge in [0.05, 0.1) is 18.6 Å². The molecule has 8 heteroatoms. The highest BCUT2D eigenvalue weighted by atomic mass is 16.5. The average Bonchev–Trinajstić information content (AvgIpc) is 3.44. The van der Waals surface area contributed by atoms with Crippen LogP contribution in [0.5, 0.6) is 0 Å². The number of benzene rings is 2. The van der Waals surface area contributed by atoms with E-state index in [1.807, 2.05) is 38.1 Å². The molecular formula is C27H32N2O6. The van der Waals surface area contributed by atoms with Crippen molar-refractivity contribution in [3.05, 3.63) is 59.7 Å². The van der Waals surface area contributed by atoms with Crippen molar-refractivity contribution < 1.29 is 29.0 Å². The fourth-order valence-electron chi connectivity index (χ4n) is 4.84. The van der Waals surface area contributed by atoms with E-state index in [-0.39, 0.29) is 43.6 Å². The number of hydrogen-bond acceptors (Lipinski definition) is 5. The summed E-state index contributed by atoms with van der Waals surface area (Å²) >= 11 is 0. The van der Waals surface area contributed by atoms with Gasteiger partial charge in [0, 0.05) is 12.5 Å². The van der Waals surface area contributed by atoms with Crippen molar-refractivity contribution in [1.82, 2.24) is 10.6 Å². The second-order valence-corrected chi connectivity index (χ2v) is 9.62. The van der Waals surface area contributed by atoms with Crippen LogP contribution in [0.1, 0.15) is 43.7 Å². The molecule has 35 heavy (non-hydrogen) atoms. The van der Waals surface area contributed by atoms with Crippen molar-refractivity contribution in [3.8, 4) is 11.1 Å². The normalized spacial score (nSPS) is 19.6. The summed E-state index contributed by atoms with van der Waals surface area (Å²) in [6.45, 7) is 4.45. The zero-order valence-electron chi connectivity index (χ0n) is 20.0. The van der Waals surface area contributed by atoms with Crippen LogP contribution in [0.4, 0.5) is 4.79 Å². The molecule has 2 aromatic carbocycles. The van der Waals surface area contributed by atoms with Crippen molar-refractivity contribution in [2.75, 3.05) is 19.8 Å². The molecule has 3 N–H and O–H groups in total. The lowest BCUT2D eigenvalue weighted by Crippen LogP contribution is -2.49. The number of carbonyl (C=O) groups is 3. The highest BCUT2D eigenvalue weighted by Gasteiger charge is 2.32. The Bertz CT molecular complexity index is 1040. The van der Waals surface area contributed by atoms with E-state index in [2.05, 4.69) is 34.9 Å². The minimum absolute atomic E-state index is 0.0628. The summed E-state index contributed by atoms with van der Waals surface area (Å²) in [6, 6.07) is 15.4. The molecule has 8 nitrogen and oxygen atoms in total. The SMILES string of the molecule is CC(C)CC(NC(=O)OCC1c2ccccc2-c2ccccc21)C(=O)NC[C@H]1C[C@@H](C(=O)O)CO1. The first-order valence-corrected chi connectivity index (χ1v) is 12.1. The van der Waals surface area contributed by atoms with E-state index in [0.717, 1.165) is 22.3 Å². The van der Waals surface area contributed by atoms with E-state index in [0.29, 0.717) is 12.8 Å². The van der Waals surface area contributed by atoms with Crippen LogP contribution in [0, 0.1) is 11.8 Å². The number of hydrogen-bond donors (Lipinski definition) is 3. The molecule has 2 amide bonds. The quantitative estimate of drug-likeness (QED) is 0.506. The maximum atomic E-state index is 12.8. The summed E-state index contributed by atoms with van der Waals surface area (Å²) in [5.74, 6) is -1.68. The molecule has 0 aromatic heterocycles. The van der Waals surface area contributed by atoms with Gasteiger partial charge in [-0.1, -0.05) is 62.4 Å². The third-order valence-electron chi connectivity index (χ3n) is 6.59. The van der Waals surface area contributed by atoms with Crippen LogP contribution < -0.4 is 10.6 Å². The number of fused-ring (bicyclic) bond motifs is 3. The zero-order valence-corrected chi connectivity index (χ0v) is 20.0. The number of rotatable bonds is 9. The van der Waals surface area contributed by atoms with Gasteiger partial charge in [0.15, 0.2) is 0 Å². The van der Waals surface area contributed by atoms with E-state index < -0.39 is 24.0 Å². The summed E-state index contributed by atoms with van der Waals surface area (Å²) < 4.78 is 11.1. The van der Waals surface area contributed by atoms with Gasteiger partial charge >= 0.3 is 12.1 Å². The number of aliphatic carboxylic acids is 1. The monoisotopic (exact) mass is 480 g/mol. The largest absolute Gasteiger partial charge is 0.481 e. The van der Waals surface area contributed by atoms with Gasteiger partial charge in [-0.3, -0.25) is 9.59 Å². The van der Waals surface area contributed by atoms with Gasteiger partial charge in [0.2, 0.25) is 5.91 Å². The van der Waals surface area contributed by atoms with Crippen LogP contribution in [-0.2, 0) is 19.1 Å². The Kier molecular flexibility index (Phi) is 7.70. The van der Waals surface area contributed by atoms with Gasteiger partial charge < -0.3 is 25.2 Å². The minimum atomic E-state index is -0.895. The van der Waals surface area contributed by atoms with Crippen LogP contribution in [0.2, 0.25) is 0 Å². The number of ether oxygens (including phenoxy) is 2. The predicted octanol–water partition coefficient (Wildman–Crippen LogP) is 3.55. The molecule has 186 valence electrons. The Morgan fingerprint density at radius 2 is 1.69 bits per heavy atom. The third kappa shape index (κ3) is 5.82. The highest BCUT2D eigenvalue weighted by molar-refractivity contribution is 5.85. The Morgan fingerprint density at radius 3 is 2.26 bits per heavy atom. The molecule has 1 heterocycles. The Hall–Kier alpha value is -3.39. The number of nitrogens with one attached hydrogen (secondary N) is 2. The van der Waals surface area contributed by atoms with Gasteiger partial charge in [-0.25, -0.2) is 4.79 Å². The van der Waals surface area contributed by atoms with Crippen molar-refractivity contribution in [1.29, 1.82) is 0 Å². The molecule has 0 radical (unpaired) electrons. The van der Waals surface area contributed by atoms with Crippen molar-refractivity contribution in [2.24, 2.45) is 11.8 Å². The lowest BCUT2D eigenvalue weighted by Gasteiger charge is -2.22. The van der Waals surface area contributed by atoms with Crippen LogP contribution in [0.3, 0.4) is 0 Å². The van der Waals surface area contributed by atoms with Crippen molar-refractivity contribution in [3.63, 3.8) is 0 Å². The summed E-state index contributed by atoms with van der Waals surface area (Å²) in [5.41, 5.74) is 4.53. The second kappa shape index (κ2) is 10.9. The van der Waals surface area contributed by atoms with Crippen LogP contribution in [-0.4, -0.2) is 55.0 Å². The van der Waals surface area contributed by atoms with Crippen LogP contribution >= 0.6 is 0 Å². The molecule has 1 unspecified atom stereocenters. The van der Waals surface area contributed by atoms with Crippen LogP contribution in [0.15, 0.2) is 48.5 Å². The molecule has 1 fully saturated rings. The standard InChI is InChI=1S/C27H32N2O6/c1-16(2)11-24(25(30)28-13-18-12-17(14-34-18)26(31)32)29-27(33)35-15-23-21-9-5-3-7-19(21)20-8-4-6-10-22(20)23/h3-10,16-18,23-24H,11-15H2,1-2H3,(H,28,30)(H,29,33)(H,31,32)/t17-,18-,24?/m1/s1. The van der Waals surface area contributed by atoms with Crippen molar-refractivity contribution >= 4 is 18.0 Å². The summed E-state index contributed by atoms with van der Waals surface area (Å²) in [6.07, 6.45) is -0.200. The first-order valence-electron chi connectivity index (χ1n) is 12.1. The zero-order chi connectivity index (χ0) is 24.9. The first-order chi connectivity index (χ1) is 16.8. The van der Waals surface area contributed by atoms with Gasteiger partial charge in [0.1, 0.15) is 12.6 Å². The van der Waals surface area contributed by atoms with E-state index in [9.17, 15) is 14.4 Å². The molecule has 0 spiro atoms. The number of carbonyl (C=O) groups excluding carboxylic acids is 2. The van der Waals surface area contributed by atoms with Gasteiger partial charge in [-0.05, 0) is 41.0 Å². The van der Waals surface area contributed by atoms with Gasteiger partial charge in [-0.2, -0.15) is 0 Å². The van der Waals surface area contributed by atoms with Gasteiger partial charge in [-0.15, -0.1) is 0 Å². The number of carboxylic acid groups (broad SMARTS) is 1. The number of carboxylic acids is 1. The smallest absolute Gasteiger partial charge is 0.407 e. The average molecular weight is 481 g/mol. The molecular weight excluding hydrogens is 448 g/mol. The highest BCUT2D eigenvalue weighted by Crippen LogP contribution is 2.44. The first kappa shape index (κ1) is 24.7. The molecule has 0 bridgehead atoms. The Morgan fingerprint density at radius 1 is 1.06 bits per heavy atom. The molecule has 1 aliphatic heterocycles. The number of amides is 2. The number of alkyl carbamates (subject to hydrolysis) is 1. The Labute approximate surface area is 205 Å². The topological polar surface area (TPSA) is 114 Å².